The van der Waals surface area contributed by atoms with Gasteiger partial charge in [-0.1, -0.05) is 41.0 Å². The molecule has 5 heteroatoms. The fraction of sp³-hybridized carbons (Fsp3) is 0.188. The highest BCUT2D eigenvalue weighted by atomic mass is 35.5. The molecule has 0 spiro atoms. The topological polar surface area (TPSA) is 51.0 Å². The maximum Gasteiger partial charge on any atom is 0.180 e. The quantitative estimate of drug-likeness (QED) is 0.515. The van der Waals surface area contributed by atoms with E-state index >= 15 is 0 Å². The fourth-order valence-corrected chi connectivity index (χ4v) is 2.22. The minimum Gasteiger partial charge on any atom is -0.493 e. The molecule has 0 aromatic heterocycles. The molecule has 0 heterocycles. The molecular weight excluding hydrogens is 290 g/mol. The normalized spacial score (nSPS) is 10.8. The van der Waals surface area contributed by atoms with Crippen LogP contribution in [0.2, 0.25) is 5.02 Å². The van der Waals surface area contributed by atoms with Gasteiger partial charge in [-0.15, -0.1) is 0 Å². The summed E-state index contributed by atoms with van der Waals surface area (Å²) < 4.78 is 11.1. The van der Waals surface area contributed by atoms with Gasteiger partial charge in [0.25, 0.3) is 0 Å². The molecule has 2 aromatic rings. The smallest absolute Gasteiger partial charge is 0.180 e. The first-order valence-electron chi connectivity index (χ1n) is 6.38. The van der Waals surface area contributed by atoms with Crippen molar-refractivity contribution in [2.45, 2.75) is 13.5 Å². The van der Waals surface area contributed by atoms with Crippen LogP contribution < -0.4 is 9.47 Å². The Kier molecular flexibility index (Phi) is 5.06. The van der Waals surface area contributed by atoms with E-state index in [1.165, 1.54) is 13.3 Å². The molecule has 0 aliphatic heterocycles. The zero-order valence-corrected chi connectivity index (χ0v) is 12.6. The largest absolute Gasteiger partial charge is 0.493 e. The standard InChI is InChI=1S/C16H16ClNO3/c1-11-5-3-4-6-13(11)10-21-16-14(17)7-12(9-18-19)8-15(16)20-2/h3-9,19H,10H2,1-2H3. The highest BCUT2D eigenvalue weighted by Gasteiger charge is 2.12. The lowest BCUT2D eigenvalue weighted by Gasteiger charge is -2.14. The van der Waals surface area contributed by atoms with E-state index in [1.54, 1.807) is 12.1 Å². The van der Waals surface area contributed by atoms with Crippen molar-refractivity contribution in [1.29, 1.82) is 0 Å². The molecule has 0 amide bonds. The molecule has 0 aliphatic rings. The van der Waals surface area contributed by atoms with Crippen molar-refractivity contribution in [3.8, 4) is 11.5 Å². The van der Waals surface area contributed by atoms with Crippen LogP contribution in [0.5, 0.6) is 11.5 Å². The third-order valence-electron chi connectivity index (χ3n) is 3.09. The van der Waals surface area contributed by atoms with Gasteiger partial charge in [0.15, 0.2) is 11.5 Å². The van der Waals surface area contributed by atoms with E-state index in [4.69, 9.17) is 26.3 Å². The van der Waals surface area contributed by atoms with Crippen molar-refractivity contribution in [3.05, 3.63) is 58.1 Å². The maximum absolute atomic E-state index is 8.58. The lowest BCUT2D eigenvalue weighted by atomic mass is 10.1. The van der Waals surface area contributed by atoms with E-state index in [-0.39, 0.29) is 0 Å². The van der Waals surface area contributed by atoms with Gasteiger partial charge in [0, 0.05) is 5.56 Å². The summed E-state index contributed by atoms with van der Waals surface area (Å²) in [5.74, 6) is 0.962. The van der Waals surface area contributed by atoms with Crippen LogP contribution in [0.4, 0.5) is 0 Å². The number of hydrogen-bond donors (Lipinski definition) is 1. The zero-order valence-electron chi connectivity index (χ0n) is 11.8. The van der Waals surface area contributed by atoms with Gasteiger partial charge in [-0.05, 0) is 30.2 Å². The maximum atomic E-state index is 8.58. The van der Waals surface area contributed by atoms with Crippen molar-refractivity contribution in [2.75, 3.05) is 7.11 Å². The van der Waals surface area contributed by atoms with Crippen molar-refractivity contribution in [2.24, 2.45) is 5.16 Å². The van der Waals surface area contributed by atoms with Crippen molar-refractivity contribution in [3.63, 3.8) is 0 Å². The Morgan fingerprint density at radius 3 is 2.71 bits per heavy atom. The molecule has 0 unspecified atom stereocenters. The van der Waals surface area contributed by atoms with Gasteiger partial charge in [0.2, 0.25) is 0 Å². The monoisotopic (exact) mass is 305 g/mol. The molecule has 2 rings (SSSR count). The Hall–Kier alpha value is -2.20. The number of methoxy groups -OCH3 is 1. The van der Waals surface area contributed by atoms with Crippen LogP contribution >= 0.6 is 11.6 Å². The molecule has 0 saturated heterocycles. The molecule has 0 bridgehead atoms. The van der Waals surface area contributed by atoms with E-state index < -0.39 is 0 Å². The number of rotatable bonds is 5. The molecule has 1 N–H and O–H groups in total. The van der Waals surface area contributed by atoms with Gasteiger partial charge in [-0.25, -0.2) is 0 Å². The van der Waals surface area contributed by atoms with Crippen LogP contribution in [0, 0.1) is 6.92 Å². The highest BCUT2D eigenvalue weighted by molar-refractivity contribution is 6.32. The van der Waals surface area contributed by atoms with Crippen molar-refractivity contribution in [1.82, 2.24) is 0 Å². The summed E-state index contributed by atoms with van der Waals surface area (Å²) in [6.07, 6.45) is 1.28. The van der Waals surface area contributed by atoms with Crippen LogP contribution in [0.1, 0.15) is 16.7 Å². The van der Waals surface area contributed by atoms with Crippen molar-refractivity contribution >= 4 is 17.8 Å². The average Bonchev–Trinajstić information content (AvgIpc) is 2.47. The molecule has 4 nitrogen and oxygen atoms in total. The zero-order chi connectivity index (χ0) is 15.2. The molecule has 21 heavy (non-hydrogen) atoms. The number of nitrogens with zero attached hydrogens (tertiary/aromatic N) is 1. The van der Waals surface area contributed by atoms with E-state index in [9.17, 15) is 0 Å². The second-order valence-electron chi connectivity index (χ2n) is 4.49. The van der Waals surface area contributed by atoms with Gasteiger partial charge >= 0.3 is 0 Å². The predicted octanol–water partition coefficient (Wildman–Crippen LogP) is 4.04. The summed E-state index contributed by atoms with van der Waals surface area (Å²) in [4.78, 5) is 0. The molecule has 0 saturated carbocycles. The molecular formula is C16H16ClNO3. The van der Waals surface area contributed by atoms with Crippen LogP contribution in [0.25, 0.3) is 0 Å². The summed E-state index contributed by atoms with van der Waals surface area (Å²) in [5.41, 5.74) is 2.86. The predicted molar refractivity (Wildman–Crippen MR) is 82.9 cm³/mol. The minimum absolute atomic E-state index is 0.399. The summed E-state index contributed by atoms with van der Waals surface area (Å²) in [6, 6.07) is 11.3. The Bertz CT molecular complexity index is 656. The van der Waals surface area contributed by atoms with E-state index in [2.05, 4.69) is 5.16 Å². The van der Waals surface area contributed by atoms with Gasteiger partial charge < -0.3 is 14.7 Å². The van der Waals surface area contributed by atoms with Gasteiger partial charge in [0.1, 0.15) is 6.61 Å². The number of oxime groups is 1. The second kappa shape index (κ2) is 6.99. The van der Waals surface area contributed by atoms with Crippen LogP contribution in [0.15, 0.2) is 41.6 Å². The number of ether oxygens (including phenoxy) is 2. The Morgan fingerprint density at radius 1 is 1.29 bits per heavy atom. The van der Waals surface area contributed by atoms with Gasteiger partial charge in [0.05, 0.1) is 18.3 Å². The molecule has 0 atom stereocenters. The van der Waals surface area contributed by atoms with Gasteiger partial charge in [-0.3, -0.25) is 0 Å². The van der Waals surface area contributed by atoms with E-state index in [0.29, 0.717) is 28.7 Å². The lowest BCUT2D eigenvalue weighted by Crippen LogP contribution is -2.01. The second-order valence-corrected chi connectivity index (χ2v) is 4.90. The van der Waals surface area contributed by atoms with Crippen LogP contribution in [-0.2, 0) is 6.61 Å². The average molecular weight is 306 g/mol. The van der Waals surface area contributed by atoms with Crippen molar-refractivity contribution < 1.29 is 14.7 Å². The summed E-state index contributed by atoms with van der Waals surface area (Å²) >= 11 is 6.21. The summed E-state index contributed by atoms with van der Waals surface area (Å²) in [6.45, 7) is 2.43. The molecule has 0 radical (unpaired) electrons. The number of hydrogen-bond acceptors (Lipinski definition) is 4. The first kappa shape index (κ1) is 15.2. The third kappa shape index (κ3) is 3.67. The first-order valence-corrected chi connectivity index (χ1v) is 6.75. The Balaban J connectivity index is 2.25. The lowest BCUT2D eigenvalue weighted by molar-refractivity contribution is 0.284. The first-order chi connectivity index (χ1) is 10.2. The highest BCUT2D eigenvalue weighted by Crippen LogP contribution is 2.36. The van der Waals surface area contributed by atoms with Gasteiger partial charge in [-0.2, -0.15) is 0 Å². The third-order valence-corrected chi connectivity index (χ3v) is 3.37. The van der Waals surface area contributed by atoms with E-state index in [0.717, 1.165) is 11.1 Å². The number of halogens is 1. The Morgan fingerprint density at radius 2 is 2.05 bits per heavy atom. The molecule has 110 valence electrons. The Labute approximate surface area is 128 Å². The van der Waals surface area contributed by atoms with E-state index in [1.807, 2.05) is 31.2 Å². The minimum atomic E-state index is 0.399. The number of aryl methyl sites for hydroxylation is 1. The van der Waals surface area contributed by atoms with Crippen LogP contribution in [-0.4, -0.2) is 18.5 Å². The fourth-order valence-electron chi connectivity index (χ4n) is 1.94. The molecule has 0 fully saturated rings. The SMILES string of the molecule is COc1cc(C=NO)cc(Cl)c1OCc1ccccc1C. The van der Waals surface area contributed by atoms with Crippen LogP contribution in [0.3, 0.4) is 0 Å². The summed E-state index contributed by atoms with van der Waals surface area (Å²) in [5, 5.41) is 12.0. The molecule has 2 aromatic carbocycles. The summed E-state index contributed by atoms with van der Waals surface area (Å²) in [7, 11) is 1.53. The molecule has 0 aliphatic carbocycles. The number of benzene rings is 2.